The first-order chi connectivity index (χ1) is 9.84. The summed E-state index contributed by atoms with van der Waals surface area (Å²) < 4.78 is 5.69. The van der Waals surface area contributed by atoms with Crippen LogP contribution in [0.5, 0.6) is 0 Å². The Balaban J connectivity index is 2.11. The molecule has 0 bridgehead atoms. The maximum atomic E-state index is 12.7. The van der Waals surface area contributed by atoms with Crippen LogP contribution < -0.4 is 0 Å². The van der Waals surface area contributed by atoms with Gasteiger partial charge in [-0.1, -0.05) is 0 Å². The number of ether oxygens (including phenoxy) is 1. The first-order valence-corrected chi connectivity index (χ1v) is 7.41. The maximum absolute atomic E-state index is 12.7. The van der Waals surface area contributed by atoms with Crippen LogP contribution in [0.3, 0.4) is 0 Å². The van der Waals surface area contributed by atoms with Crippen molar-refractivity contribution in [3.05, 3.63) is 0 Å². The monoisotopic (exact) mass is 300 g/mol. The number of rotatable bonds is 2. The van der Waals surface area contributed by atoms with Crippen molar-refractivity contribution >= 4 is 12.0 Å². The first-order valence-electron chi connectivity index (χ1n) is 7.41. The Kier molecular flexibility index (Phi) is 4.73. The molecular formula is C14H24N2O5. The Morgan fingerprint density at radius 1 is 1.33 bits per heavy atom. The summed E-state index contributed by atoms with van der Waals surface area (Å²) in [5.74, 6) is -0.950. The molecule has 0 aromatic heterocycles. The van der Waals surface area contributed by atoms with Crippen LogP contribution >= 0.6 is 0 Å². The highest BCUT2D eigenvalue weighted by Crippen LogP contribution is 2.25. The van der Waals surface area contributed by atoms with Gasteiger partial charge in [0.2, 0.25) is 0 Å². The van der Waals surface area contributed by atoms with Crippen LogP contribution in [0.2, 0.25) is 0 Å². The lowest BCUT2D eigenvalue weighted by Crippen LogP contribution is -2.61. The zero-order valence-corrected chi connectivity index (χ0v) is 12.6. The number of urea groups is 1. The summed E-state index contributed by atoms with van der Waals surface area (Å²) in [6, 6.07) is -1.01. The number of piperidine rings is 1. The van der Waals surface area contributed by atoms with Crippen molar-refractivity contribution in [2.45, 2.75) is 50.9 Å². The van der Waals surface area contributed by atoms with Gasteiger partial charge in [-0.15, -0.1) is 0 Å². The van der Waals surface area contributed by atoms with Crippen molar-refractivity contribution in [2.75, 3.05) is 26.2 Å². The molecule has 0 aromatic rings. The molecule has 2 aliphatic heterocycles. The van der Waals surface area contributed by atoms with Gasteiger partial charge in [-0.2, -0.15) is 0 Å². The fraction of sp³-hybridized carbons (Fsp3) is 0.857. The third-order valence-corrected chi connectivity index (χ3v) is 3.99. The minimum Gasteiger partial charge on any atom is -0.480 e. The second-order valence-corrected chi connectivity index (χ2v) is 6.39. The summed E-state index contributed by atoms with van der Waals surface area (Å²) in [5.41, 5.74) is -0.546. The second-order valence-electron chi connectivity index (χ2n) is 6.39. The number of aliphatic hydroxyl groups excluding tert-OH is 1. The number of carbonyl (C=O) groups is 2. The Labute approximate surface area is 124 Å². The van der Waals surface area contributed by atoms with E-state index in [9.17, 15) is 19.8 Å². The lowest BCUT2D eigenvalue weighted by Gasteiger charge is -2.45. The number of nitrogens with zero attached hydrogens (tertiary/aromatic N) is 2. The van der Waals surface area contributed by atoms with Crippen LogP contribution in [-0.2, 0) is 9.53 Å². The maximum Gasteiger partial charge on any atom is 0.326 e. The molecule has 2 unspecified atom stereocenters. The van der Waals surface area contributed by atoms with Crippen molar-refractivity contribution in [3.63, 3.8) is 0 Å². The largest absolute Gasteiger partial charge is 0.480 e. The minimum atomic E-state index is -0.950. The Morgan fingerprint density at radius 2 is 2.05 bits per heavy atom. The number of aliphatic carboxylic acids is 1. The molecular weight excluding hydrogens is 276 g/mol. The summed E-state index contributed by atoms with van der Waals surface area (Å²) in [6.45, 7) is 4.72. The highest BCUT2D eigenvalue weighted by molar-refractivity contribution is 5.83. The molecule has 0 saturated carbocycles. The van der Waals surface area contributed by atoms with Gasteiger partial charge in [0.15, 0.2) is 0 Å². The summed E-state index contributed by atoms with van der Waals surface area (Å²) in [6.07, 6.45) is 1.73. The van der Waals surface area contributed by atoms with Gasteiger partial charge in [0.05, 0.1) is 31.4 Å². The van der Waals surface area contributed by atoms with E-state index < -0.39 is 23.7 Å². The smallest absolute Gasteiger partial charge is 0.326 e. The molecule has 2 amide bonds. The number of carbonyl (C=O) groups excluding carboxylic acids is 1. The Bertz CT molecular complexity index is 412. The summed E-state index contributed by atoms with van der Waals surface area (Å²) in [7, 11) is 0. The molecule has 7 nitrogen and oxygen atoms in total. The number of aliphatic hydroxyl groups is 1. The van der Waals surface area contributed by atoms with Gasteiger partial charge in [-0.25, -0.2) is 9.59 Å². The average Bonchev–Trinajstić information content (AvgIpc) is 2.44. The van der Waals surface area contributed by atoms with Gasteiger partial charge in [0, 0.05) is 6.54 Å². The Hall–Kier alpha value is -1.34. The predicted octanol–water partition coefficient (Wildman–Crippen LogP) is 0.517. The van der Waals surface area contributed by atoms with E-state index in [-0.39, 0.29) is 12.6 Å². The van der Waals surface area contributed by atoms with E-state index in [4.69, 9.17) is 4.74 Å². The van der Waals surface area contributed by atoms with Crippen LogP contribution in [0.25, 0.3) is 0 Å². The molecule has 7 heteroatoms. The van der Waals surface area contributed by atoms with E-state index in [1.165, 1.54) is 4.90 Å². The quantitative estimate of drug-likeness (QED) is 0.776. The molecule has 120 valence electrons. The lowest BCUT2D eigenvalue weighted by molar-refractivity contribution is -0.147. The van der Waals surface area contributed by atoms with Crippen LogP contribution in [0.4, 0.5) is 4.79 Å². The minimum absolute atomic E-state index is 0.157. The molecule has 2 saturated heterocycles. The van der Waals surface area contributed by atoms with E-state index in [2.05, 4.69) is 0 Å². The van der Waals surface area contributed by atoms with Crippen LogP contribution in [0.15, 0.2) is 0 Å². The van der Waals surface area contributed by atoms with Crippen LogP contribution in [0.1, 0.15) is 33.1 Å². The zero-order chi connectivity index (χ0) is 15.6. The molecule has 2 fully saturated rings. The van der Waals surface area contributed by atoms with E-state index >= 15 is 0 Å². The highest BCUT2D eigenvalue weighted by atomic mass is 16.5. The molecule has 0 radical (unpaired) electrons. The first kappa shape index (κ1) is 16.0. The molecule has 0 spiro atoms. The molecule has 0 aliphatic carbocycles. The van der Waals surface area contributed by atoms with Crippen molar-refractivity contribution in [2.24, 2.45) is 0 Å². The number of amides is 2. The van der Waals surface area contributed by atoms with Crippen LogP contribution in [0, 0.1) is 0 Å². The van der Waals surface area contributed by atoms with Crippen LogP contribution in [-0.4, -0.2) is 76.0 Å². The van der Waals surface area contributed by atoms with Gasteiger partial charge in [-0.3, -0.25) is 0 Å². The third-order valence-electron chi connectivity index (χ3n) is 3.99. The molecule has 2 N–H and O–H groups in total. The number of likely N-dealkylation sites (tertiary alicyclic amines) is 1. The Morgan fingerprint density at radius 3 is 2.67 bits per heavy atom. The summed E-state index contributed by atoms with van der Waals surface area (Å²) in [5, 5.41) is 18.6. The van der Waals surface area contributed by atoms with Gasteiger partial charge in [0.25, 0.3) is 0 Å². The second kappa shape index (κ2) is 6.19. The van der Waals surface area contributed by atoms with Crippen molar-refractivity contribution in [1.29, 1.82) is 0 Å². The number of hydrogen-bond donors (Lipinski definition) is 2. The number of morpholine rings is 1. The van der Waals surface area contributed by atoms with Crippen molar-refractivity contribution in [1.82, 2.24) is 9.80 Å². The normalized spacial score (nSPS) is 29.3. The van der Waals surface area contributed by atoms with E-state index in [1.807, 2.05) is 13.8 Å². The molecule has 21 heavy (non-hydrogen) atoms. The molecule has 0 aromatic carbocycles. The number of hydrogen-bond acceptors (Lipinski definition) is 4. The number of carboxylic acid groups (broad SMARTS) is 1. The predicted molar refractivity (Wildman–Crippen MR) is 75.0 cm³/mol. The molecule has 2 heterocycles. The van der Waals surface area contributed by atoms with Gasteiger partial charge in [-0.05, 0) is 33.1 Å². The topological polar surface area (TPSA) is 90.3 Å². The van der Waals surface area contributed by atoms with Gasteiger partial charge < -0.3 is 24.7 Å². The summed E-state index contributed by atoms with van der Waals surface area (Å²) in [4.78, 5) is 27.0. The van der Waals surface area contributed by atoms with E-state index in [1.54, 1.807) is 4.90 Å². The average molecular weight is 300 g/mol. The highest BCUT2D eigenvalue weighted by Gasteiger charge is 2.40. The third kappa shape index (κ3) is 3.65. The SMILES string of the molecule is CC1(C)CN(C(=O)N2CCCCC2C(=O)O)CC(CO)O1. The van der Waals surface area contributed by atoms with E-state index in [0.717, 1.165) is 12.8 Å². The van der Waals surface area contributed by atoms with Gasteiger partial charge in [0.1, 0.15) is 6.04 Å². The molecule has 2 atom stereocenters. The summed E-state index contributed by atoms with van der Waals surface area (Å²) >= 11 is 0. The van der Waals surface area contributed by atoms with Gasteiger partial charge >= 0.3 is 12.0 Å². The zero-order valence-electron chi connectivity index (χ0n) is 12.6. The van der Waals surface area contributed by atoms with E-state index in [0.29, 0.717) is 26.1 Å². The fourth-order valence-corrected chi connectivity index (χ4v) is 3.14. The van der Waals surface area contributed by atoms with Crippen molar-refractivity contribution in [3.8, 4) is 0 Å². The molecule has 2 rings (SSSR count). The standard InChI is InChI=1S/C14H24N2O5/c1-14(2)9-15(7-10(8-17)21-14)13(20)16-6-4-3-5-11(16)12(18)19/h10-11,17H,3-9H2,1-2H3,(H,18,19). The lowest BCUT2D eigenvalue weighted by atomic mass is 10.0. The number of carboxylic acids is 1. The fourth-order valence-electron chi connectivity index (χ4n) is 3.14. The van der Waals surface area contributed by atoms with Crippen molar-refractivity contribution < 1.29 is 24.5 Å². The molecule has 2 aliphatic rings.